The van der Waals surface area contributed by atoms with Crippen LogP contribution in [0, 0.1) is 0 Å². The molecular formula is C16H18ClN3O. The number of unbranched alkanes of at least 4 members (excludes halogenated alkanes) is 1. The predicted octanol–water partition coefficient (Wildman–Crippen LogP) is 4.01. The molecule has 1 aromatic carbocycles. The first-order valence-corrected chi connectivity index (χ1v) is 7.34. The average Bonchev–Trinajstić information content (AvgIpc) is 2.50. The van der Waals surface area contributed by atoms with E-state index in [9.17, 15) is 4.79 Å². The van der Waals surface area contributed by atoms with Crippen molar-refractivity contribution >= 4 is 28.9 Å². The number of hydrogen-bond acceptors (Lipinski definition) is 3. The summed E-state index contributed by atoms with van der Waals surface area (Å²) < 4.78 is 0. The molecule has 1 heterocycles. The average molecular weight is 304 g/mol. The lowest BCUT2D eigenvalue weighted by molar-refractivity contribution is 0.0948. The van der Waals surface area contributed by atoms with Crippen LogP contribution in [-0.2, 0) is 0 Å². The van der Waals surface area contributed by atoms with E-state index >= 15 is 0 Å². The number of para-hydroxylation sites is 1. The summed E-state index contributed by atoms with van der Waals surface area (Å²) in [4.78, 5) is 16.0. The van der Waals surface area contributed by atoms with Gasteiger partial charge in [-0.25, -0.2) is 4.98 Å². The molecule has 1 aromatic heterocycles. The van der Waals surface area contributed by atoms with Crippen molar-refractivity contribution in [2.45, 2.75) is 19.8 Å². The summed E-state index contributed by atoms with van der Waals surface area (Å²) in [6, 6.07) is 11.0. The number of carbonyl (C=O) groups is 1. The molecule has 0 aliphatic rings. The first kappa shape index (κ1) is 15.3. The number of anilines is 2. The summed E-state index contributed by atoms with van der Waals surface area (Å²) >= 11 is 6.08. The van der Waals surface area contributed by atoms with Crippen LogP contribution in [0.2, 0.25) is 5.02 Å². The Balaban J connectivity index is 1.99. The van der Waals surface area contributed by atoms with Crippen LogP contribution >= 0.6 is 11.6 Å². The molecule has 0 unspecified atom stereocenters. The van der Waals surface area contributed by atoms with Gasteiger partial charge >= 0.3 is 0 Å². The Bertz CT molecular complexity index is 599. The maximum Gasteiger partial charge on any atom is 0.269 e. The minimum Gasteiger partial charge on any atom is -0.353 e. The molecule has 5 heteroatoms. The fraction of sp³-hybridized carbons (Fsp3) is 0.250. The number of rotatable bonds is 6. The van der Waals surface area contributed by atoms with Crippen LogP contribution in [0.1, 0.15) is 30.3 Å². The van der Waals surface area contributed by atoms with Gasteiger partial charge in [0.2, 0.25) is 0 Å². The molecule has 0 bridgehead atoms. The molecule has 2 aromatic rings. The number of pyridine rings is 1. The molecule has 4 nitrogen and oxygen atoms in total. The van der Waals surface area contributed by atoms with Crippen molar-refractivity contribution in [1.82, 2.24) is 10.3 Å². The third-order valence-electron chi connectivity index (χ3n) is 2.96. The quantitative estimate of drug-likeness (QED) is 0.793. The molecule has 0 saturated heterocycles. The van der Waals surface area contributed by atoms with E-state index in [1.165, 1.54) is 0 Å². The van der Waals surface area contributed by atoms with Gasteiger partial charge in [-0.3, -0.25) is 4.79 Å². The molecular weight excluding hydrogens is 286 g/mol. The fourth-order valence-corrected chi connectivity index (χ4v) is 1.97. The number of carbonyl (C=O) groups excluding carboxylic acids is 1. The van der Waals surface area contributed by atoms with E-state index in [0.717, 1.165) is 24.2 Å². The number of nitrogens with zero attached hydrogens (tertiary/aromatic N) is 1. The topological polar surface area (TPSA) is 54.0 Å². The smallest absolute Gasteiger partial charge is 0.269 e. The fourth-order valence-electron chi connectivity index (χ4n) is 1.79. The van der Waals surface area contributed by atoms with Crippen LogP contribution in [-0.4, -0.2) is 17.4 Å². The van der Waals surface area contributed by atoms with E-state index in [4.69, 9.17) is 11.6 Å². The van der Waals surface area contributed by atoms with Crippen molar-refractivity contribution in [3.63, 3.8) is 0 Å². The lowest BCUT2D eigenvalue weighted by Gasteiger charge is -2.08. The Morgan fingerprint density at radius 2 is 2.05 bits per heavy atom. The number of halogens is 1. The van der Waals surface area contributed by atoms with Gasteiger partial charge < -0.3 is 10.6 Å². The van der Waals surface area contributed by atoms with Gasteiger partial charge in [0.15, 0.2) is 0 Å². The Hall–Kier alpha value is -2.07. The second kappa shape index (κ2) is 7.64. The molecule has 0 atom stereocenters. The summed E-state index contributed by atoms with van der Waals surface area (Å²) in [7, 11) is 0. The molecule has 0 aliphatic heterocycles. The van der Waals surface area contributed by atoms with Gasteiger partial charge in [0, 0.05) is 6.54 Å². The van der Waals surface area contributed by atoms with Gasteiger partial charge in [0.25, 0.3) is 5.91 Å². The number of nitrogens with one attached hydrogen (secondary N) is 2. The summed E-state index contributed by atoms with van der Waals surface area (Å²) in [5, 5.41) is 6.64. The Labute approximate surface area is 129 Å². The Kier molecular flexibility index (Phi) is 5.58. The SMILES string of the molecule is CCCCNC(=O)c1ccc(Nc2ccccc2Cl)cn1. The van der Waals surface area contributed by atoms with Crippen molar-refractivity contribution in [2.24, 2.45) is 0 Å². The minimum absolute atomic E-state index is 0.146. The van der Waals surface area contributed by atoms with Crippen LogP contribution in [0.15, 0.2) is 42.6 Å². The van der Waals surface area contributed by atoms with Crippen molar-refractivity contribution in [3.8, 4) is 0 Å². The molecule has 0 saturated carbocycles. The van der Waals surface area contributed by atoms with E-state index in [1.807, 2.05) is 30.3 Å². The molecule has 1 amide bonds. The highest BCUT2D eigenvalue weighted by molar-refractivity contribution is 6.33. The van der Waals surface area contributed by atoms with Gasteiger partial charge in [-0.1, -0.05) is 37.1 Å². The van der Waals surface area contributed by atoms with E-state index in [1.54, 1.807) is 12.3 Å². The summed E-state index contributed by atoms with van der Waals surface area (Å²) in [5.41, 5.74) is 2.00. The maximum absolute atomic E-state index is 11.8. The van der Waals surface area contributed by atoms with Crippen molar-refractivity contribution < 1.29 is 4.79 Å². The third-order valence-corrected chi connectivity index (χ3v) is 3.29. The third kappa shape index (κ3) is 4.46. The van der Waals surface area contributed by atoms with Gasteiger partial charge in [-0.05, 0) is 30.7 Å². The summed E-state index contributed by atoms with van der Waals surface area (Å²) in [6.07, 6.45) is 3.64. The molecule has 21 heavy (non-hydrogen) atoms. The highest BCUT2D eigenvalue weighted by Crippen LogP contribution is 2.24. The minimum atomic E-state index is -0.146. The van der Waals surface area contributed by atoms with Crippen molar-refractivity contribution in [1.29, 1.82) is 0 Å². The summed E-state index contributed by atoms with van der Waals surface area (Å²) in [5.74, 6) is -0.146. The van der Waals surface area contributed by atoms with Crippen LogP contribution in [0.3, 0.4) is 0 Å². The van der Waals surface area contributed by atoms with Crippen molar-refractivity contribution in [2.75, 3.05) is 11.9 Å². The second-order valence-electron chi connectivity index (χ2n) is 4.65. The number of amides is 1. The van der Waals surface area contributed by atoms with Crippen LogP contribution in [0.25, 0.3) is 0 Å². The number of benzene rings is 1. The molecule has 2 rings (SSSR count). The number of aromatic nitrogens is 1. The second-order valence-corrected chi connectivity index (χ2v) is 5.05. The van der Waals surface area contributed by atoms with Crippen LogP contribution in [0.4, 0.5) is 11.4 Å². The molecule has 110 valence electrons. The van der Waals surface area contributed by atoms with Gasteiger partial charge in [-0.2, -0.15) is 0 Å². The first-order chi connectivity index (χ1) is 10.2. The van der Waals surface area contributed by atoms with E-state index in [2.05, 4.69) is 22.5 Å². The van der Waals surface area contributed by atoms with Crippen LogP contribution < -0.4 is 10.6 Å². The van der Waals surface area contributed by atoms with Gasteiger partial charge in [-0.15, -0.1) is 0 Å². The molecule has 0 spiro atoms. The monoisotopic (exact) mass is 303 g/mol. The maximum atomic E-state index is 11.8. The molecule has 0 aliphatic carbocycles. The zero-order valence-corrected chi connectivity index (χ0v) is 12.7. The normalized spacial score (nSPS) is 10.2. The standard InChI is InChI=1S/C16H18ClN3O/c1-2-3-10-18-16(21)15-9-8-12(11-19-15)20-14-7-5-4-6-13(14)17/h4-9,11,20H,2-3,10H2,1H3,(H,18,21). The first-order valence-electron chi connectivity index (χ1n) is 6.96. The number of hydrogen-bond donors (Lipinski definition) is 2. The molecule has 0 fully saturated rings. The predicted molar refractivity (Wildman–Crippen MR) is 86.2 cm³/mol. The highest BCUT2D eigenvalue weighted by Gasteiger charge is 2.06. The largest absolute Gasteiger partial charge is 0.353 e. The molecule has 2 N–H and O–H groups in total. The highest BCUT2D eigenvalue weighted by atomic mass is 35.5. The van der Waals surface area contributed by atoms with E-state index in [0.29, 0.717) is 17.3 Å². The zero-order valence-electron chi connectivity index (χ0n) is 11.9. The lowest BCUT2D eigenvalue weighted by Crippen LogP contribution is -2.25. The van der Waals surface area contributed by atoms with E-state index < -0.39 is 0 Å². The van der Waals surface area contributed by atoms with Crippen LogP contribution in [0.5, 0.6) is 0 Å². The van der Waals surface area contributed by atoms with Crippen molar-refractivity contribution in [3.05, 3.63) is 53.3 Å². The molecule has 0 radical (unpaired) electrons. The van der Waals surface area contributed by atoms with Gasteiger partial charge in [0.05, 0.1) is 22.6 Å². The van der Waals surface area contributed by atoms with E-state index in [-0.39, 0.29) is 5.91 Å². The lowest BCUT2D eigenvalue weighted by atomic mass is 10.2. The Morgan fingerprint density at radius 1 is 1.24 bits per heavy atom. The Morgan fingerprint density at radius 3 is 2.71 bits per heavy atom. The zero-order chi connectivity index (χ0) is 15.1. The van der Waals surface area contributed by atoms with Gasteiger partial charge in [0.1, 0.15) is 5.69 Å². The summed E-state index contributed by atoms with van der Waals surface area (Å²) in [6.45, 7) is 2.76.